The van der Waals surface area contributed by atoms with Crippen molar-refractivity contribution in [1.82, 2.24) is 3.97 Å². The second kappa shape index (κ2) is 8.90. The first-order valence-electron chi connectivity index (χ1n) is 10.2. The third-order valence-electron chi connectivity index (χ3n) is 4.64. The van der Waals surface area contributed by atoms with Crippen LogP contribution in [0.3, 0.4) is 0 Å². The van der Waals surface area contributed by atoms with E-state index in [-0.39, 0.29) is 21.9 Å². The number of ether oxygens (including phenoxy) is 1. The molecule has 2 rings (SSSR count). The lowest BCUT2D eigenvalue weighted by Gasteiger charge is -2.24. The van der Waals surface area contributed by atoms with Crippen molar-refractivity contribution in [3.63, 3.8) is 0 Å². The van der Waals surface area contributed by atoms with Crippen LogP contribution in [0.2, 0.25) is 0 Å². The molecule has 0 unspecified atom stereocenters. The minimum Gasteiger partial charge on any atom is -0.456 e. The van der Waals surface area contributed by atoms with Crippen molar-refractivity contribution in [2.45, 2.75) is 76.6 Å². The van der Waals surface area contributed by atoms with Gasteiger partial charge in [-0.3, -0.25) is 4.21 Å². The predicted octanol–water partition coefficient (Wildman–Crippen LogP) is 4.64. The number of hydrogen-bond acceptors (Lipinski definition) is 5. The zero-order valence-corrected chi connectivity index (χ0v) is 21.2. The Hall–Kier alpha value is -1.93. The van der Waals surface area contributed by atoms with E-state index in [0.717, 1.165) is 9.54 Å². The fourth-order valence-corrected chi connectivity index (χ4v) is 5.58. The van der Waals surface area contributed by atoms with E-state index in [2.05, 4.69) is 0 Å². The zero-order chi connectivity index (χ0) is 23.8. The van der Waals surface area contributed by atoms with Gasteiger partial charge >= 0.3 is 5.97 Å². The molecular formula is C23H33NO5S2. The van der Waals surface area contributed by atoms with Crippen molar-refractivity contribution >= 4 is 26.8 Å². The van der Waals surface area contributed by atoms with Crippen LogP contribution < -0.4 is 0 Å². The molecule has 0 amide bonds. The Labute approximate surface area is 188 Å². The molecule has 0 aliphatic carbocycles. The standard InChI is InChI=1S/C23H33NO5S2/c1-16-9-11-18(12-10-16)31(27,28)24-14-13-19(21(25)29-22(3,4)5)20(24)17(2)15-30(26)23(6,7)8/h9-14,17H,15H2,1-8H3/t17-,30+/m0/s1. The Bertz CT molecular complexity index is 1070. The van der Waals surface area contributed by atoms with Gasteiger partial charge in [-0.2, -0.15) is 0 Å². The summed E-state index contributed by atoms with van der Waals surface area (Å²) in [6.07, 6.45) is 1.38. The highest BCUT2D eigenvalue weighted by molar-refractivity contribution is 7.90. The average Bonchev–Trinajstić information content (AvgIpc) is 3.06. The van der Waals surface area contributed by atoms with Gasteiger partial charge in [-0.05, 0) is 66.7 Å². The Balaban J connectivity index is 2.62. The summed E-state index contributed by atoms with van der Waals surface area (Å²) < 4.78 is 45.8. The largest absolute Gasteiger partial charge is 0.456 e. The van der Waals surface area contributed by atoms with Gasteiger partial charge in [0.05, 0.1) is 16.2 Å². The quantitative estimate of drug-likeness (QED) is 0.578. The van der Waals surface area contributed by atoms with Crippen LogP contribution in [0.5, 0.6) is 0 Å². The van der Waals surface area contributed by atoms with Crippen LogP contribution >= 0.6 is 0 Å². The molecule has 8 heteroatoms. The SMILES string of the molecule is Cc1ccc(S(=O)(=O)n2ccc(C(=O)OC(C)(C)C)c2[C@@H](C)C[S@@](=O)C(C)(C)C)cc1. The van der Waals surface area contributed by atoms with Crippen LogP contribution in [0.25, 0.3) is 0 Å². The lowest BCUT2D eigenvalue weighted by atomic mass is 10.1. The molecule has 172 valence electrons. The fourth-order valence-electron chi connectivity index (χ4n) is 3.00. The van der Waals surface area contributed by atoms with Gasteiger partial charge in [0.25, 0.3) is 10.0 Å². The van der Waals surface area contributed by atoms with Gasteiger partial charge in [-0.1, -0.05) is 24.6 Å². The third kappa shape index (κ3) is 6.07. The van der Waals surface area contributed by atoms with Crippen LogP contribution in [-0.4, -0.2) is 38.7 Å². The lowest BCUT2D eigenvalue weighted by molar-refractivity contribution is 0.00680. The lowest BCUT2D eigenvalue weighted by Crippen LogP contribution is -2.29. The van der Waals surface area contributed by atoms with E-state index < -0.39 is 43.1 Å². The molecule has 1 aromatic heterocycles. The maximum absolute atomic E-state index is 13.4. The van der Waals surface area contributed by atoms with Crippen molar-refractivity contribution < 1.29 is 22.2 Å². The summed E-state index contributed by atoms with van der Waals surface area (Å²) >= 11 is 0. The number of esters is 1. The molecule has 1 aromatic carbocycles. The summed E-state index contributed by atoms with van der Waals surface area (Å²) in [5.74, 6) is -0.848. The molecule has 0 saturated carbocycles. The van der Waals surface area contributed by atoms with Crippen molar-refractivity contribution in [2.24, 2.45) is 0 Å². The van der Waals surface area contributed by atoms with E-state index in [1.807, 2.05) is 27.7 Å². The summed E-state index contributed by atoms with van der Waals surface area (Å²) in [6.45, 7) is 14.5. The molecule has 0 aliphatic rings. The van der Waals surface area contributed by atoms with Crippen molar-refractivity contribution in [2.75, 3.05) is 5.75 Å². The minimum absolute atomic E-state index is 0.120. The van der Waals surface area contributed by atoms with Gasteiger partial charge in [0, 0.05) is 33.4 Å². The first kappa shape index (κ1) is 25.3. The predicted molar refractivity (Wildman–Crippen MR) is 125 cm³/mol. The second-order valence-electron chi connectivity index (χ2n) is 9.76. The topological polar surface area (TPSA) is 82.4 Å². The molecule has 2 atom stereocenters. The molecule has 1 heterocycles. The highest BCUT2D eigenvalue weighted by Crippen LogP contribution is 2.30. The number of carbonyl (C=O) groups excluding carboxylic acids is 1. The summed E-state index contributed by atoms with van der Waals surface area (Å²) in [7, 11) is -5.18. The summed E-state index contributed by atoms with van der Waals surface area (Å²) in [5, 5.41) is 0. The Morgan fingerprint density at radius 2 is 1.61 bits per heavy atom. The van der Waals surface area contributed by atoms with Crippen molar-refractivity contribution in [3.05, 3.63) is 53.3 Å². The van der Waals surface area contributed by atoms with Gasteiger partial charge in [-0.25, -0.2) is 17.2 Å². The van der Waals surface area contributed by atoms with E-state index >= 15 is 0 Å². The Kier molecular flexibility index (Phi) is 7.27. The first-order chi connectivity index (χ1) is 14.0. The van der Waals surface area contributed by atoms with E-state index in [9.17, 15) is 17.4 Å². The maximum Gasteiger partial charge on any atom is 0.340 e. The molecule has 0 fully saturated rings. The molecule has 0 N–H and O–H groups in total. The van der Waals surface area contributed by atoms with E-state index in [4.69, 9.17) is 4.74 Å². The van der Waals surface area contributed by atoms with Crippen LogP contribution in [0.15, 0.2) is 41.4 Å². The highest BCUT2D eigenvalue weighted by atomic mass is 32.2. The van der Waals surface area contributed by atoms with E-state index in [0.29, 0.717) is 0 Å². The normalized spacial score (nSPS) is 14.8. The maximum atomic E-state index is 13.4. The summed E-state index contributed by atoms with van der Waals surface area (Å²) in [4.78, 5) is 13.0. The van der Waals surface area contributed by atoms with Gasteiger partial charge in [0.1, 0.15) is 5.60 Å². The number of rotatable bonds is 6. The van der Waals surface area contributed by atoms with E-state index in [1.165, 1.54) is 12.3 Å². The monoisotopic (exact) mass is 467 g/mol. The molecule has 0 aliphatic heterocycles. The molecule has 0 radical (unpaired) electrons. The summed E-state index contributed by atoms with van der Waals surface area (Å²) in [6, 6.07) is 8.00. The highest BCUT2D eigenvalue weighted by Gasteiger charge is 2.32. The first-order valence-corrected chi connectivity index (χ1v) is 13.0. The van der Waals surface area contributed by atoms with Gasteiger partial charge in [0.15, 0.2) is 0 Å². The smallest absolute Gasteiger partial charge is 0.340 e. The Morgan fingerprint density at radius 3 is 2.10 bits per heavy atom. The van der Waals surface area contributed by atoms with Crippen molar-refractivity contribution in [3.8, 4) is 0 Å². The number of hydrogen-bond donors (Lipinski definition) is 0. The molecule has 0 saturated heterocycles. The van der Waals surface area contributed by atoms with E-state index in [1.54, 1.807) is 52.0 Å². The Morgan fingerprint density at radius 1 is 1.06 bits per heavy atom. The van der Waals surface area contributed by atoms with Gasteiger partial charge < -0.3 is 4.74 Å². The summed E-state index contributed by atoms with van der Waals surface area (Å²) in [5.41, 5.74) is 0.663. The average molecular weight is 468 g/mol. The van der Waals surface area contributed by atoms with Crippen LogP contribution in [0, 0.1) is 6.92 Å². The number of carbonyl (C=O) groups is 1. The number of nitrogens with zero attached hydrogens (tertiary/aromatic N) is 1. The van der Waals surface area contributed by atoms with Gasteiger partial charge in [0.2, 0.25) is 0 Å². The minimum atomic E-state index is -3.95. The molecule has 2 aromatic rings. The third-order valence-corrected chi connectivity index (χ3v) is 8.51. The van der Waals surface area contributed by atoms with Crippen molar-refractivity contribution in [1.29, 1.82) is 0 Å². The zero-order valence-electron chi connectivity index (χ0n) is 19.6. The van der Waals surface area contributed by atoms with Crippen LogP contribution in [0.4, 0.5) is 0 Å². The molecule has 0 spiro atoms. The second-order valence-corrected chi connectivity index (χ2v) is 13.8. The molecular weight excluding hydrogens is 434 g/mol. The fraction of sp³-hybridized carbons (Fsp3) is 0.522. The number of benzene rings is 1. The van der Waals surface area contributed by atoms with Crippen LogP contribution in [-0.2, 0) is 25.6 Å². The molecule has 31 heavy (non-hydrogen) atoms. The number of aryl methyl sites for hydroxylation is 1. The van der Waals surface area contributed by atoms with Gasteiger partial charge in [-0.15, -0.1) is 0 Å². The molecule has 6 nitrogen and oxygen atoms in total. The molecule has 0 bridgehead atoms. The number of aromatic nitrogens is 1. The van der Waals surface area contributed by atoms with Crippen LogP contribution in [0.1, 0.15) is 76.0 Å².